The molecule has 0 aliphatic carbocycles. The molecule has 0 aromatic heterocycles. The van der Waals surface area contributed by atoms with Gasteiger partial charge in [-0.1, -0.05) is 90.1 Å². The van der Waals surface area contributed by atoms with Crippen molar-refractivity contribution in [1.29, 1.82) is 0 Å². The molecule has 0 fully saturated rings. The number of benzene rings is 2. The van der Waals surface area contributed by atoms with Crippen molar-refractivity contribution in [2.75, 3.05) is 0 Å². The summed E-state index contributed by atoms with van der Waals surface area (Å²) in [5, 5.41) is 0. The molecule has 0 heterocycles. The fourth-order valence-electron chi connectivity index (χ4n) is 4.04. The number of hydrogen-bond donors (Lipinski definition) is 0. The minimum atomic E-state index is 0.127. The van der Waals surface area contributed by atoms with Gasteiger partial charge < -0.3 is 0 Å². The van der Waals surface area contributed by atoms with E-state index in [0.29, 0.717) is 0 Å². The van der Waals surface area contributed by atoms with Crippen molar-refractivity contribution in [1.82, 2.24) is 0 Å². The zero-order valence-corrected chi connectivity index (χ0v) is 16.4. The molecule has 2 atom stereocenters. The van der Waals surface area contributed by atoms with E-state index in [4.69, 9.17) is 0 Å². The molecule has 2 rings (SSSR count). The lowest BCUT2D eigenvalue weighted by atomic mass is 9.56. The Morgan fingerprint density at radius 1 is 0.542 bits per heavy atom. The van der Waals surface area contributed by atoms with Crippen LogP contribution in [0, 0.1) is 0 Å². The van der Waals surface area contributed by atoms with Crippen LogP contribution in [0.15, 0.2) is 48.5 Å². The van der Waals surface area contributed by atoms with Gasteiger partial charge in [0.25, 0.3) is 0 Å². The van der Waals surface area contributed by atoms with Crippen LogP contribution in [-0.2, 0) is 23.7 Å². The average molecular weight is 323 g/mol. The number of rotatable bonds is 7. The van der Waals surface area contributed by atoms with Crippen LogP contribution in [0.1, 0.15) is 76.6 Å². The fraction of sp³-hybridized carbons (Fsp3) is 0.500. The van der Waals surface area contributed by atoms with Crippen molar-refractivity contribution in [2.45, 2.75) is 78.1 Å². The molecule has 0 spiro atoms. The second kappa shape index (κ2) is 7.55. The Bertz CT molecular complexity index is 575. The van der Waals surface area contributed by atoms with Crippen LogP contribution in [0.2, 0.25) is 0 Å². The first-order valence-electron chi connectivity index (χ1n) is 9.64. The highest BCUT2D eigenvalue weighted by molar-refractivity contribution is 5.39. The van der Waals surface area contributed by atoms with Gasteiger partial charge in [0.2, 0.25) is 0 Å². The molecule has 0 aliphatic heterocycles. The van der Waals surface area contributed by atoms with E-state index in [9.17, 15) is 0 Å². The zero-order chi connectivity index (χ0) is 17.8. The maximum atomic E-state index is 2.45. The first-order valence-corrected chi connectivity index (χ1v) is 9.64. The third kappa shape index (κ3) is 3.16. The Hall–Kier alpha value is -1.56. The summed E-state index contributed by atoms with van der Waals surface area (Å²) in [6.45, 7) is 14.0. The van der Waals surface area contributed by atoms with Gasteiger partial charge in [0, 0.05) is 10.8 Å². The lowest BCUT2D eigenvalue weighted by molar-refractivity contribution is 0.234. The molecular weight excluding hydrogens is 288 g/mol. The van der Waals surface area contributed by atoms with Gasteiger partial charge in [0.15, 0.2) is 0 Å². The summed E-state index contributed by atoms with van der Waals surface area (Å²) in [5.74, 6) is 0. The van der Waals surface area contributed by atoms with Crippen LogP contribution in [0.3, 0.4) is 0 Å². The van der Waals surface area contributed by atoms with Crippen molar-refractivity contribution in [3.63, 3.8) is 0 Å². The molecule has 0 saturated carbocycles. The van der Waals surface area contributed by atoms with Gasteiger partial charge in [0.1, 0.15) is 0 Å². The summed E-state index contributed by atoms with van der Waals surface area (Å²) in [5.41, 5.74) is 6.02. The molecule has 0 nitrogen and oxygen atoms in total. The number of hydrogen-bond acceptors (Lipinski definition) is 0. The zero-order valence-electron chi connectivity index (χ0n) is 16.4. The molecule has 0 saturated heterocycles. The molecule has 2 aromatic carbocycles. The number of aryl methyl sites for hydroxylation is 2. The average Bonchev–Trinajstić information content (AvgIpc) is 2.66. The van der Waals surface area contributed by atoms with Crippen molar-refractivity contribution in [3.05, 3.63) is 70.8 Å². The molecule has 0 N–H and O–H groups in total. The monoisotopic (exact) mass is 322 g/mol. The lowest BCUT2D eigenvalue weighted by Crippen LogP contribution is -2.44. The Morgan fingerprint density at radius 2 is 0.833 bits per heavy atom. The smallest absolute Gasteiger partial charge is 0.00162 e. The Labute approximate surface area is 149 Å². The molecule has 2 unspecified atom stereocenters. The standard InChI is InChI=1S/C24H34/c1-7-19-11-15-21(16-12-19)23(5,9-3)24(6,10-4)22-17-13-20(8-2)14-18-22/h11-18H,7-10H2,1-6H3. The third-order valence-electron chi connectivity index (χ3n) is 6.63. The van der Waals surface area contributed by atoms with Crippen LogP contribution < -0.4 is 0 Å². The summed E-state index contributed by atoms with van der Waals surface area (Å²) < 4.78 is 0. The summed E-state index contributed by atoms with van der Waals surface area (Å²) >= 11 is 0. The summed E-state index contributed by atoms with van der Waals surface area (Å²) in [4.78, 5) is 0. The van der Waals surface area contributed by atoms with E-state index >= 15 is 0 Å². The first-order chi connectivity index (χ1) is 11.4. The molecule has 0 amide bonds. The van der Waals surface area contributed by atoms with Crippen molar-refractivity contribution in [2.24, 2.45) is 0 Å². The van der Waals surface area contributed by atoms with Gasteiger partial charge in [-0.2, -0.15) is 0 Å². The van der Waals surface area contributed by atoms with Crippen molar-refractivity contribution >= 4 is 0 Å². The second-order valence-electron chi connectivity index (χ2n) is 7.47. The van der Waals surface area contributed by atoms with Gasteiger partial charge >= 0.3 is 0 Å². The SMILES string of the molecule is CCc1ccc(C(C)(CC)C(C)(CC)c2ccc(CC)cc2)cc1. The largest absolute Gasteiger partial charge is 0.0645 e. The minimum Gasteiger partial charge on any atom is -0.0645 e. The summed E-state index contributed by atoms with van der Waals surface area (Å²) in [6, 6.07) is 18.7. The van der Waals surface area contributed by atoms with E-state index in [0.717, 1.165) is 25.7 Å². The van der Waals surface area contributed by atoms with E-state index < -0.39 is 0 Å². The van der Waals surface area contributed by atoms with Gasteiger partial charge in [0.05, 0.1) is 0 Å². The summed E-state index contributed by atoms with van der Waals surface area (Å²) in [6.07, 6.45) is 4.48. The van der Waals surface area contributed by atoms with Crippen molar-refractivity contribution < 1.29 is 0 Å². The van der Waals surface area contributed by atoms with Gasteiger partial charge in [-0.3, -0.25) is 0 Å². The third-order valence-corrected chi connectivity index (χ3v) is 6.63. The lowest BCUT2D eigenvalue weighted by Gasteiger charge is -2.47. The van der Waals surface area contributed by atoms with Crippen molar-refractivity contribution in [3.8, 4) is 0 Å². The van der Waals surface area contributed by atoms with Crippen LogP contribution in [-0.4, -0.2) is 0 Å². The Balaban J connectivity index is 2.52. The first kappa shape index (κ1) is 18.8. The minimum absolute atomic E-state index is 0.127. The topological polar surface area (TPSA) is 0 Å². The highest BCUT2D eigenvalue weighted by Crippen LogP contribution is 2.48. The molecule has 130 valence electrons. The predicted octanol–water partition coefficient (Wildman–Crippen LogP) is 6.85. The van der Waals surface area contributed by atoms with Crippen LogP contribution in [0.25, 0.3) is 0 Å². The quantitative estimate of drug-likeness (QED) is 0.523. The van der Waals surface area contributed by atoms with Gasteiger partial charge in [-0.25, -0.2) is 0 Å². The maximum Gasteiger partial charge on any atom is 0.00162 e. The molecule has 0 heteroatoms. The van der Waals surface area contributed by atoms with Crippen LogP contribution in [0.4, 0.5) is 0 Å². The Kier molecular flexibility index (Phi) is 5.91. The highest BCUT2D eigenvalue weighted by atomic mass is 14.5. The van der Waals surface area contributed by atoms with E-state index in [2.05, 4.69) is 90.1 Å². The maximum absolute atomic E-state index is 2.45. The normalized spacial score (nSPS) is 16.4. The van der Waals surface area contributed by atoms with E-state index in [1.165, 1.54) is 22.3 Å². The second-order valence-corrected chi connectivity index (χ2v) is 7.47. The van der Waals surface area contributed by atoms with Gasteiger partial charge in [-0.15, -0.1) is 0 Å². The van der Waals surface area contributed by atoms with Crippen LogP contribution in [0.5, 0.6) is 0 Å². The molecule has 24 heavy (non-hydrogen) atoms. The predicted molar refractivity (Wildman–Crippen MR) is 107 cm³/mol. The molecule has 2 aromatic rings. The van der Waals surface area contributed by atoms with E-state index in [1.54, 1.807) is 0 Å². The molecule has 0 bridgehead atoms. The van der Waals surface area contributed by atoms with Gasteiger partial charge in [-0.05, 0) is 47.9 Å². The Morgan fingerprint density at radius 3 is 1.04 bits per heavy atom. The van der Waals surface area contributed by atoms with Crippen LogP contribution >= 0.6 is 0 Å². The van der Waals surface area contributed by atoms with E-state index in [-0.39, 0.29) is 10.8 Å². The fourth-order valence-corrected chi connectivity index (χ4v) is 4.04. The molecule has 0 radical (unpaired) electrons. The highest BCUT2D eigenvalue weighted by Gasteiger charge is 2.44. The van der Waals surface area contributed by atoms with E-state index in [1.807, 2.05) is 0 Å². The summed E-state index contributed by atoms with van der Waals surface area (Å²) in [7, 11) is 0. The molecular formula is C24H34. The molecule has 0 aliphatic rings.